The summed E-state index contributed by atoms with van der Waals surface area (Å²) in [6.07, 6.45) is -1.08. The lowest BCUT2D eigenvalue weighted by Crippen LogP contribution is -2.37. The standard InChI is InChI=1S/C17H22F3N3O4/c1-22(10-15(24)25)13-3-2-7-23(8-6-13)16(26)12-4-5-14(21-9-12)27-11-17(18,19)20/h4-5,9,13H,2-3,6-8,10-11H2,1H3,(H,24,25). The largest absolute Gasteiger partial charge is 0.480 e. The van der Waals surface area contributed by atoms with E-state index in [2.05, 4.69) is 9.72 Å². The molecule has 1 aromatic heterocycles. The fourth-order valence-electron chi connectivity index (χ4n) is 3.00. The molecule has 1 fully saturated rings. The SMILES string of the molecule is CN(CC(=O)O)C1CCCN(C(=O)c2ccc(OCC(F)(F)F)nc2)CC1. The molecule has 150 valence electrons. The van der Waals surface area contributed by atoms with Crippen molar-refractivity contribution in [2.45, 2.75) is 31.5 Å². The van der Waals surface area contributed by atoms with Gasteiger partial charge in [0.05, 0.1) is 12.1 Å². The molecule has 1 atom stereocenters. The third-order valence-electron chi connectivity index (χ3n) is 4.36. The molecule has 2 rings (SSSR count). The normalized spacial score (nSPS) is 18.3. The van der Waals surface area contributed by atoms with Crippen LogP contribution in [0.5, 0.6) is 5.88 Å². The number of carboxylic acids is 1. The smallest absolute Gasteiger partial charge is 0.422 e. The molecule has 0 saturated carbocycles. The summed E-state index contributed by atoms with van der Waals surface area (Å²) >= 11 is 0. The van der Waals surface area contributed by atoms with E-state index in [0.717, 1.165) is 12.8 Å². The van der Waals surface area contributed by atoms with Crippen LogP contribution in [-0.2, 0) is 4.79 Å². The van der Waals surface area contributed by atoms with Gasteiger partial charge in [-0.25, -0.2) is 4.98 Å². The predicted molar refractivity (Wildman–Crippen MR) is 89.6 cm³/mol. The molecule has 1 N–H and O–H groups in total. The zero-order chi connectivity index (χ0) is 20.0. The molecule has 7 nitrogen and oxygen atoms in total. The first-order chi connectivity index (χ1) is 12.7. The molecule has 1 aliphatic rings. The van der Waals surface area contributed by atoms with Gasteiger partial charge in [-0.2, -0.15) is 13.2 Å². The van der Waals surface area contributed by atoms with Crippen molar-refractivity contribution in [2.24, 2.45) is 0 Å². The molecule has 1 amide bonds. The number of likely N-dealkylation sites (N-methyl/N-ethyl adjacent to an activating group) is 1. The summed E-state index contributed by atoms with van der Waals surface area (Å²) in [6, 6.07) is 2.70. The molecular weight excluding hydrogens is 367 g/mol. The first kappa shape index (κ1) is 20.9. The number of likely N-dealkylation sites (tertiary alicyclic amines) is 1. The van der Waals surface area contributed by atoms with E-state index in [-0.39, 0.29) is 29.9 Å². The fourth-order valence-corrected chi connectivity index (χ4v) is 3.00. The van der Waals surface area contributed by atoms with E-state index in [1.165, 1.54) is 18.3 Å². The highest BCUT2D eigenvalue weighted by Crippen LogP contribution is 2.19. The van der Waals surface area contributed by atoms with Crippen molar-refractivity contribution in [3.8, 4) is 5.88 Å². The molecule has 2 heterocycles. The first-order valence-electron chi connectivity index (χ1n) is 8.52. The van der Waals surface area contributed by atoms with Crippen molar-refractivity contribution < 1.29 is 32.6 Å². The Bertz CT molecular complexity index is 652. The van der Waals surface area contributed by atoms with Crippen molar-refractivity contribution >= 4 is 11.9 Å². The zero-order valence-electron chi connectivity index (χ0n) is 14.9. The molecular formula is C17H22F3N3O4. The van der Waals surface area contributed by atoms with Gasteiger partial charge in [-0.05, 0) is 32.4 Å². The van der Waals surface area contributed by atoms with Crippen molar-refractivity contribution in [3.05, 3.63) is 23.9 Å². The minimum Gasteiger partial charge on any atom is -0.480 e. The van der Waals surface area contributed by atoms with Crippen molar-refractivity contribution in [1.29, 1.82) is 0 Å². The third kappa shape index (κ3) is 6.70. The number of pyridine rings is 1. The van der Waals surface area contributed by atoms with Crippen molar-refractivity contribution in [1.82, 2.24) is 14.8 Å². The number of hydrogen-bond donors (Lipinski definition) is 1. The van der Waals surface area contributed by atoms with E-state index < -0.39 is 18.8 Å². The highest BCUT2D eigenvalue weighted by Gasteiger charge is 2.29. The van der Waals surface area contributed by atoms with Gasteiger partial charge >= 0.3 is 12.1 Å². The molecule has 0 radical (unpaired) electrons. The summed E-state index contributed by atoms with van der Waals surface area (Å²) in [7, 11) is 1.75. The van der Waals surface area contributed by atoms with Gasteiger partial charge in [0.25, 0.3) is 5.91 Å². The monoisotopic (exact) mass is 389 g/mol. The molecule has 0 spiro atoms. The zero-order valence-corrected chi connectivity index (χ0v) is 14.9. The maximum atomic E-state index is 12.6. The van der Waals surface area contributed by atoms with Crippen LogP contribution in [0.15, 0.2) is 18.3 Å². The van der Waals surface area contributed by atoms with E-state index in [1.807, 2.05) is 0 Å². The molecule has 1 unspecified atom stereocenters. The molecule has 1 saturated heterocycles. The Labute approximate surface area is 154 Å². The number of carboxylic acid groups (broad SMARTS) is 1. The first-order valence-corrected chi connectivity index (χ1v) is 8.52. The Hall–Kier alpha value is -2.36. The lowest BCUT2D eigenvalue weighted by molar-refractivity contribution is -0.154. The predicted octanol–water partition coefficient (Wildman–Crippen LogP) is 2.03. The van der Waals surface area contributed by atoms with Crippen molar-refractivity contribution in [3.63, 3.8) is 0 Å². The van der Waals surface area contributed by atoms with Crippen LogP contribution in [-0.4, -0.2) is 77.3 Å². The van der Waals surface area contributed by atoms with Gasteiger partial charge in [0.1, 0.15) is 0 Å². The van der Waals surface area contributed by atoms with Crippen LogP contribution in [0.4, 0.5) is 13.2 Å². The number of alkyl halides is 3. The maximum absolute atomic E-state index is 12.6. The molecule has 27 heavy (non-hydrogen) atoms. The molecule has 0 aromatic carbocycles. The number of carbonyl (C=O) groups is 2. The Morgan fingerprint density at radius 3 is 2.67 bits per heavy atom. The lowest BCUT2D eigenvalue weighted by atomic mass is 10.1. The molecule has 10 heteroatoms. The second-order valence-electron chi connectivity index (χ2n) is 6.47. The van der Waals surface area contributed by atoms with E-state index in [9.17, 15) is 22.8 Å². The molecule has 0 bridgehead atoms. The van der Waals surface area contributed by atoms with Crippen LogP contribution in [0.3, 0.4) is 0 Å². The minimum atomic E-state index is -4.45. The second kappa shape index (κ2) is 9.03. The summed E-state index contributed by atoms with van der Waals surface area (Å²) in [6.45, 7) is -0.491. The molecule has 1 aromatic rings. The van der Waals surface area contributed by atoms with Gasteiger partial charge in [-0.3, -0.25) is 14.5 Å². The van der Waals surface area contributed by atoms with Crippen LogP contribution in [0.25, 0.3) is 0 Å². The van der Waals surface area contributed by atoms with Crippen LogP contribution in [0.2, 0.25) is 0 Å². The average Bonchev–Trinajstić information content (AvgIpc) is 2.85. The summed E-state index contributed by atoms with van der Waals surface area (Å²) in [4.78, 5) is 30.6. The summed E-state index contributed by atoms with van der Waals surface area (Å²) in [5, 5.41) is 8.89. The van der Waals surface area contributed by atoms with Gasteiger partial charge in [0, 0.05) is 31.4 Å². The molecule has 1 aliphatic heterocycles. The van der Waals surface area contributed by atoms with Gasteiger partial charge < -0.3 is 14.7 Å². The number of aliphatic carboxylic acids is 1. The van der Waals surface area contributed by atoms with Crippen molar-refractivity contribution in [2.75, 3.05) is 33.3 Å². The number of hydrogen-bond acceptors (Lipinski definition) is 5. The van der Waals surface area contributed by atoms with E-state index in [1.54, 1.807) is 16.8 Å². The fraction of sp³-hybridized carbons (Fsp3) is 0.588. The maximum Gasteiger partial charge on any atom is 0.422 e. The number of amides is 1. The average molecular weight is 389 g/mol. The summed E-state index contributed by atoms with van der Waals surface area (Å²) in [5.41, 5.74) is 0.270. The Kier molecular flexibility index (Phi) is 7.00. The van der Waals surface area contributed by atoms with Crippen LogP contribution >= 0.6 is 0 Å². The van der Waals surface area contributed by atoms with Crippen LogP contribution in [0.1, 0.15) is 29.6 Å². The Morgan fingerprint density at radius 2 is 2.07 bits per heavy atom. The van der Waals surface area contributed by atoms with Crippen LogP contribution < -0.4 is 4.74 Å². The van der Waals surface area contributed by atoms with Gasteiger partial charge in [-0.1, -0.05) is 0 Å². The van der Waals surface area contributed by atoms with E-state index in [0.29, 0.717) is 19.5 Å². The highest BCUT2D eigenvalue weighted by atomic mass is 19.4. The molecule has 0 aliphatic carbocycles. The highest BCUT2D eigenvalue weighted by molar-refractivity contribution is 5.94. The van der Waals surface area contributed by atoms with Gasteiger partial charge in [-0.15, -0.1) is 0 Å². The number of halogens is 3. The second-order valence-corrected chi connectivity index (χ2v) is 6.47. The number of rotatable bonds is 6. The summed E-state index contributed by atoms with van der Waals surface area (Å²) in [5.74, 6) is -1.35. The topological polar surface area (TPSA) is 83.0 Å². The van der Waals surface area contributed by atoms with Gasteiger partial charge in [0.15, 0.2) is 6.61 Å². The minimum absolute atomic E-state index is 0.0536. The van der Waals surface area contributed by atoms with Gasteiger partial charge in [0.2, 0.25) is 5.88 Å². The Morgan fingerprint density at radius 1 is 1.33 bits per heavy atom. The number of nitrogens with zero attached hydrogens (tertiary/aromatic N) is 3. The number of aromatic nitrogens is 1. The number of carbonyl (C=O) groups excluding carboxylic acids is 1. The lowest BCUT2D eigenvalue weighted by Gasteiger charge is -2.25. The van der Waals surface area contributed by atoms with E-state index >= 15 is 0 Å². The van der Waals surface area contributed by atoms with E-state index in [4.69, 9.17) is 5.11 Å². The third-order valence-corrected chi connectivity index (χ3v) is 4.36. The van der Waals surface area contributed by atoms with Crippen LogP contribution in [0, 0.1) is 0 Å². The quantitative estimate of drug-likeness (QED) is 0.802. The number of ether oxygens (including phenoxy) is 1. The summed E-state index contributed by atoms with van der Waals surface area (Å²) < 4.78 is 40.9. The Balaban J connectivity index is 1.92.